The largest absolute Gasteiger partial charge is 0.266 e. The van der Waals surface area contributed by atoms with Gasteiger partial charge in [-0.05, 0) is 26.0 Å². The van der Waals surface area contributed by atoms with Crippen LogP contribution in [0.25, 0.3) is 0 Å². The van der Waals surface area contributed by atoms with Crippen LogP contribution in [-0.2, 0) is 0 Å². The van der Waals surface area contributed by atoms with Crippen molar-refractivity contribution in [1.29, 1.82) is 0 Å². The van der Waals surface area contributed by atoms with Crippen molar-refractivity contribution < 1.29 is 0 Å². The number of aromatic nitrogens is 2. The smallest absolute Gasteiger partial charge is 0.166 e. The molecule has 0 aliphatic rings. The molecular formula is C7H10N4S. The summed E-state index contributed by atoms with van der Waals surface area (Å²) in [5.41, 5.74) is 3.71. The van der Waals surface area contributed by atoms with Gasteiger partial charge in [0.15, 0.2) is 5.82 Å². The molecule has 1 aromatic heterocycles. The Morgan fingerprint density at radius 2 is 2.33 bits per heavy atom. The molecule has 1 aromatic rings. The van der Waals surface area contributed by atoms with Crippen molar-refractivity contribution in [2.24, 2.45) is 5.10 Å². The lowest BCUT2D eigenvalue weighted by Gasteiger charge is -1.97. The minimum Gasteiger partial charge on any atom is -0.266 e. The second kappa shape index (κ2) is 3.96. The van der Waals surface area contributed by atoms with Crippen LogP contribution in [0.3, 0.4) is 0 Å². The molecule has 0 unspecified atom stereocenters. The topological polar surface area (TPSA) is 53.1 Å². The number of aromatic amines is 1. The molecule has 4 nitrogen and oxygen atoms in total. The zero-order valence-corrected chi connectivity index (χ0v) is 7.77. The maximum Gasteiger partial charge on any atom is 0.166 e. The van der Waals surface area contributed by atoms with Crippen molar-refractivity contribution in [3.63, 3.8) is 0 Å². The van der Waals surface area contributed by atoms with Crippen LogP contribution >= 0.6 is 12.2 Å². The lowest BCUT2D eigenvalue weighted by molar-refractivity contribution is 1.01. The number of rotatable bonds is 2. The van der Waals surface area contributed by atoms with Crippen LogP contribution in [0.15, 0.2) is 17.2 Å². The van der Waals surface area contributed by atoms with Gasteiger partial charge in [0.2, 0.25) is 0 Å². The highest BCUT2D eigenvalue weighted by atomic mass is 32.1. The van der Waals surface area contributed by atoms with Crippen LogP contribution in [0, 0.1) is 4.64 Å². The Bertz CT molecular complexity index is 317. The second-order valence-electron chi connectivity index (χ2n) is 2.48. The molecule has 0 saturated heterocycles. The predicted molar refractivity (Wildman–Crippen MR) is 51.8 cm³/mol. The first-order valence-corrected chi connectivity index (χ1v) is 3.92. The third-order valence-corrected chi connectivity index (χ3v) is 1.30. The van der Waals surface area contributed by atoms with Crippen LogP contribution in [0.2, 0.25) is 0 Å². The summed E-state index contributed by atoms with van der Waals surface area (Å²) in [6.45, 7) is 3.80. The molecule has 0 aliphatic heterocycles. The Morgan fingerprint density at radius 3 is 2.83 bits per heavy atom. The fourth-order valence-electron chi connectivity index (χ4n) is 0.576. The normalized spacial score (nSPS) is 9.17. The lowest BCUT2D eigenvalue weighted by Crippen LogP contribution is -1.96. The van der Waals surface area contributed by atoms with Gasteiger partial charge < -0.3 is 0 Å². The van der Waals surface area contributed by atoms with Crippen LogP contribution in [0.5, 0.6) is 0 Å². The number of anilines is 1. The molecule has 5 heteroatoms. The van der Waals surface area contributed by atoms with Gasteiger partial charge in [0.05, 0.1) is 0 Å². The molecule has 1 heterocycles. The zero-order valence-electron chi connectivity index (χ0n) is 6.96. The van der Waals surface area contributed by atoms with Crippen molar-refractivity contribution in [3.05, 3.63) is 16.8 Å². The summed E-state index contributed by atoms with van der Waals surface area (Å²) >= 11 is 4.83. The molecule has 0 fully saturated rings. The van der Waals surface area contributed by atoms with Crippen LogP contribution < -0.4 is 5.43 Å². The van der Waals surface area contributed by atoms with E-state index in [4.69, 9.17) is 12.2 Å². The van der Waals surface area contributed by atoms with E-state index in [1.807, 2.05) is 13.8 Å². The first-order valence-electron chi connectivity index (χ1n) is 3.51. The maximum atomic E-state index is 4.83. The Hall–Kier alpha value is -1.23. The number of hydrazone groups is 1. The fourth-order valence-corrected chi connectivity index (χ4v) is 0.690. The van der Waals surface area contributed by atoms with Gasteiger partial charge in [-0.3, -0.25) is 10.5 Å². The molecular weight excluding hydrogens is 172 g/mol. The van der Waals surface area contributed by atoms with Gasteiger partial charge in [0.1, 0.15) is 4.64 Å². The summed E-state index contributed by atoms with van der Waals surface area (Å²) in [5, 5.41) is 10.5. The molecule has 0 aromatic carbocycles. The molecule has 0 atom stereocenters. The molecule has 2 N–H and O–H groups in total. The lowest BCUT2D eigenvalue weighted by atomic mass is 10.5. The number of hydrogen-bond donors (Lipinski definition) is 2. The first kappa shape index (κ1) is 8.86. The summed E-state index contributed by atoms with van der Waals surface area (Å²) in [7, 11) is 0. The minimum absolute atomic E-state index is 0.609. The Morgan fingerprint density at radius 1 is 1.58 bits per heavy atom. The molecule has 0 amide bonds. The summed E-state index contributed by atoms with van der Waals surface area (Å²) in [5.74, 6) is 0.657. The number of hydrogen-bond acceptors (Lipinski definition) is 4. The quantitative estimate of drug-likeness (QED) is 0.417. The SMILES string of the molecule is CC(C)=NNc1ccc(=S)[nH]n1. The summed E-state index contributed by atoms with van der Waals surface area (Å²) in [6.07, 6.45) is 0. The van der Waals surface area contributed by atoms with Crippen LogP contribution in [0.4, 0.5) is 5.82 Å². The number of H-pyrrole nitrogens is 1. The standard InChI is InChI=1S/C7H10N4S/c1-5(2)8-9-6-3-4-7(12)11-10-6/h3-4H,1-2H3,(H,9,10)(H,11,12). The van der Waals surface area contributed by atoms with E-state index < -0.39 is 0 Å². The average molecular weight is 182 g/mol. The molecule has 64 valence electrons. The van der Waals surface area contributed by atoms with Gasteiger partial charge in [-0.1, -0.05) is 12.2 Å². The number of nitrogens with zero attached hydrogens (tertiary/aromatic N) is 2. The van der Waals surface area contributed by atoms with Gasteiger partial charge in [-0.15, -0.1) is 0 Å². The van der Waals surface area contributed by atoms with E-state index in [-0.39, 0.29) is 0 Å². The zero-order chi connectivity index (χ0) is 8.97. The summed E-state index contributed by atoms with van der Waals surface area (Å²) in [4.78, 5) is 0. The highest BCUT2D eigenvalue weighted by Crippen LogP contribution is 1.98. The van der Waals surface area contributed by atoms with Crippen LogP contribution in [-0.4, -0.2) is 15.9 Å². The molecule has 0 bridgehead atoms. The average Bonchev–Trinajstić information content (AvgIpc) is 2.03. The molecule has 0 aliphatic carbocycles. The fraction of sp³-hybridized carbons (Fsp3) is 0.286. The Balaban J connectivity index is 2.72. The van der Waals surface area contributed by atoms with Crippen molar-refractivity contribution in [2.75, 3.05) is 5.43 Å². The third-order valence-electron chi connectivity index (χ3n) is 1.07. The van der Waals surface area contributed by atoms with Crippen molar-refractivity contribution in [3.8, 4) is 0 Å². The van der Waals surface area contributed by atoms with E-state index in [1.54, 1.807) is 12.1 Å². The molecule has 12 heavy (non-hydrogen) atoms. The highest BCUT2D eigenvalue weighted by Gasteiger charge is 1.87. The summed E-state index contributed by atoms with van der Waals surface area (Å²) in [6, 6.07) is 3.52. The van der Waals surface area contributed by atoms with E-state index in [2.05, 4.69) is 20.7 Å². The monoisotopic (exact) mass is 182 g/mol. The van der Waals surface area contributed by atoms with E-state index in [9.17, 15) is 0 Å². The maximum absolute atomic E-state index is 4.83. The van der Waals surface area contributed by atoms with Gasteiger partial charge >= 0.3 is 0 Å². The van der Waals surface area contributed by atoms with Gasteiger partial charge in [0, 0.05) is 5.71 Å². The Labute approximate surface area is 75.7 Å². The van der Waals surface area contributed by atoms with E-state index >= 15 is 0 Å². The van der Waals surface area contributed by atoms with Crippen molar-refractivity contribution in [2.45, 2.75) is 13.8 Å². The van der Waals surface area contributed by atoms with Gasteiger partial charge in [-0.25, -0.2) is 0 Å². The van der Waals surface area contributed by atoms with Crippen molar-refractivity contribution in [1.82, 2.24) is 10.2 Å². The number of nitrogens with one attached hydrogen (secondary N) is 2. The third kappa shape index (κ3) is 2.79. The molecule has 0 radical (unpaired) electrons. The van der Waals surface area contributed by atoms with Gasteiger partial charge in [-0.2, -0.15) is 10.2 Å². The highest BCUT2D eigenvalue weighted by molar-refractivity contribution is 7.71. The summed E-state index contributed by atoms with van der Waals surface area (Å²) < 4.78 is 0.609. The molecule has 0 spiro atoms. The molecule has 0 saturated carbocycles. The molecule has 1 rings (SSSR count). The minimum atomic E-state index is 0.609. The first-order chi connectivity index (χ1) is 5.68. The van der Waals surface area contributed by atoms with E-state index in [0.717, 1.165) is 5.71 Å². The van der Waals surface area contributed by atoms with E-state index in [0.29, 0.717) is 10.5 Å². The van der Waals surface area contributed by atoms with Crippen molar-refractivity contribution >= 4 is 23.7 Å². The predicted octanol–water partition coefficient (Wildman–Crippen LogP) is 1.95. The Kier molecular flexibility index (Phi) is 2.93. The van der Waals surface area contributed by atoms with Gasteiger partial charge in [0.25, 0.3) is 0 Å². The van der Waals surface area contributed by atoms with Crippen LogP contribution in [0.1, 0.15) is 13.8 Å². The van der Waals surface area contributed by atoms with E-state index in [1.165, 1.54) is 0 Å². The second-order valence-corrected chi connectivity index (χ2v) is 2.92.